The highest BCUT2D eigenvalue weighted by atomic mass is 32.2. The molecule has 29 heavy (non-hydrogen) atoms. The second-order valence-electron chi connectivity index (χ2n) is 6.84. The molecule has 0 saturated heterocycles. The molecule has 0 aliphatic carbocycles. The number of sulfonamides is 1. The van der Waals surface area contributed by atoms with Crippen LogP contribution in [0.15, 0.2) is 41.3 Å². The summed E-state index contributed by atoms with van der Waals surface area (Å²) in [6, 6.07) is 10.8. The minimum absolute atomic E-state index is 0.154. The lowest BCUT2D eigenvalue weighted by Gasteiger charge is -2.20. The van der Waals surface area contributed by atoms with Crippen LogP contribution in [0.25, 0.3) is 0 Å². The predicted molar refractivity (Wildman–Crippen MR) is 116 cm³/mol. The quantitative estimate of drug-likeness (QED) is 0.670. The summed E-state index contributed by atoms with van der Waals surface area (Å²) in [5.74, 6) is 0.289. The number of amides is 1. The predicted octanol–water partition coefficient (Wildman–Crippen LogP) is 3.91. The van der Waals surface area contributed by atoms with Crippen molar-refractivity contribution in [3.05, 3.63) is 53.1 Å². The van der Waals surface area contributed by atoms with Crippen LogP contribution in [0.4, 0.5) is 5.69 Å². The van der Waals surface area contributed by atoms with E-state index in [4.69, 9.17) is 4.74 Å². The maximum Gasteiger partial charge on any atom is 0.262 e. The van der Waals surface area contributed by atoms with Gasteiger partial charge < -0.3 is 10.1 Å². The number of benzene rings is 2. The maximum absolute atomic E-state index is 12.9. The van der Waals surface area contributed by atoms with Crippen molar-refractivity contribution in [1.82, 2.24) is 4.31 Å². The van der Waals surface area contributed by atoms with E-state index in [-0.39, 0.29) is 17.4 Å². The van der Waals surface area contributed by atoms with Gasteiger partial charge in [0, 0.05) is 18.8 Å². The normalized spacial score (nSPS) is 11.5. The van der Waals surface area contributed by atoms with E-state index in [1.54, 1.807) is 26.0 Å². The van der Waals surface area contributed by atoms with Crippen molar-refractivity contribution in [2.24, 2.45) is 0 Å². The first-order chi connectivity index (χ1) is 13.7. The number of aryl methyl sites for hydroxylation is 2. The average Bonchev–Trinajstić information content (AvgIpc) is 2.70. The fourth-order valence-electron chi connectivity index (χ4n) is 3.01. The average molecular weight is 419 g/mol. The van der Waals surface area contributed by atoms with E-state index < -0.39 is 10.0 Å². The molecule has 2 aromatic rings. The van der Waals surface area contributed by atoms with E-state index in [0.717, 1.165) is 23.1 Å². The molecule has 0 saturated carbocycles. The van der Waals surface area contributed by atoms with Gasteiger partial charge in [-0.25, -0.2) is 8.42 Å². The molecule has 2 aromatic carbocycles. The number of anilines is 1. The topological polar surface area (TPSA) is 75.7 Å². The molecule has 0 spiro atoms. The van der Waals surface area contributed by atoms with Crippen molar-refractivity contribution in [3.8, 4) is 5.75 Å². The Bertz CT molecular complexity index is 967. The van der Waals surface area contributed by atoms with Gasteiger partial charge in [-0.1, -0.05) is 32.9 Å². The summed E-state index contributed by atoms with van der Waals surface area (Å²) in [6.07, 6.45) is 0.885. The van der Waals surface area contributed by atoms with Crippen LogP contribution in [-0.4, -0.2) is 38.3 Å². The zero-order valence-corrected chi connectivity index (χ0v) is 18.6. The number of hydrogen-bond acceptors (Lipinski definition) is 4. The van der Waals surface area contributed by atoms with Gasteiger partial charge in [0.05, 0.1) is 4.90 Å². The van der Waals surface area contributed by atoms with Crippen LogP contribution in [0, 0.1) is 13.8 Å². The van der Waals surface area contributed by atoms with Gasteiger partial charge in [-0.05, 0) is 61.2 Å². The van der Waals surface area contributed by atoms with Gasteiger partial charge in [-0.3, -0.25) is 4.79 Å². The molecule has 0 aromatic heterocycles. The van der Waals surface area contributed by atoms with Gasteiger partial charge in [0.25, 0.3) is 5.91 Å². The largest absolute Gasteiger partial charge is 0.484 e. The Morgan fingerprint density at radius 3 is 2.38 bits per heavy atom. The smallest absolute Gasteiger partial charge is 0.262 e. The van der Waals surface area contributed by atoms with Gasteiger partial charge in [-0.15, -0.1) is 0 Å². The Morgan fingerprint density at radius 2 is 1.76 bits per heavy atom. The number of carbonyl (C=O) groups excluding carboxylic acids is 1. The zero-order chi connectivity index (χ0) is 21.6. The summed E-state index contributed by atoms with van der Waals surface area (Å²) in [6.45, 7) is 9.96. The van der Waals surface area contributed by atoms with E-state index >= 15 is 0 Å². The van der Waals surface area contributed by atoms with Crippen LogP contribution >= 0.6 is 0 Å². The Labute approximate surface area is 173 Å². The molecular formula is C22H30N2O4S. The van der Waals surface area contributed by atoms with Crippen LogP contribution in [-0.2, 0) is 21.2 Å². The van der Waals surface area contributed by atoms with Gasteiger partial charge in [0.2, 0.25) is 10.0 Å². The molecule has 1 amide bonds. The summed E-state index contributed by atoms with van der Waals surface area (Å²) in [5.41, 5.74) is 3.23. The molecule has 0 aliphatic rings. The number of hydrogen-bond donors (Lipinski definition) is 1. The molecule has 7 heteroatoms. The highest BCUT2D eigenvalue weighted by Crippen LogP contribution is 2.26. The Hall–Kier alpha value is -2.38. The molecule has 1 N–H and O–H groups in total. The van der Waals surface area contributed by atoms with E-state index in [2.05, 4.69) is 12.2 Å². The number of carbonyl (C=O) groups is 1. The zero-order valence-electron chi connectivity index (χ0n) is 17.8. The molecule has 2 rings (SSSR count). The van der Waals surface area contributed by atoms with Gasteiger partial charge >= 0.3 is 0 Å². The Balaban J connectivity index is 2.19. The molecule has 0 fully saturated rings. The monoisotopic (exact) mass is 418 g/mol. The van der Waals surface area contributed by atoms with Crippen molar-refractivity contribution in [2.75, 3.05) is 25.0 Å². The summed E-state index contributed by atoms with van der Waals surface area (Å²) < 4.78 is 32.7. The second kappa shape index (κ2) is 9.89. The molecule has 0 heterocycles. The van der Waals surface area contributed by atoms with Gasteiger partial charge in [-0.2, -0.15) is 4.31 Å². The van der Waals surface area contributed by atoms with Crippen LogP contribution in [0.3, 0.4) is 0 Å². The third-order valence-electron chi connectivity index (χ3n) is 4.93. The van der Waals surface area contributed by atoms with Gasteiger partial charge in [0.1, 0.15) is 5.75 Å². The molecule has 0 aliphatic heterocycles. The number of nitrogens with zero attached hydrogens (tertiary/aromatic N) is 1. The van der Waals surface area contributed by atoms with E-state index in [9.17, 15) is 13.2 Å². The molecule has 158 valence electrons. The lowest BCUT2D eigenvalue weighted by Crippen LogP contribution is -2.31. The van der Waals surface area contributed by atoms with Crippen molar-refractivity contribution in [1.29, 1.82) is 0 Å². The third-order valence-corrected chi connectivity index (χ3v) is 6.96. The fraction of sp³-hybridized carbons (Fsp3) is 0.409. The summed E-state index contributed by atoms with van der Waals surface area (Å²) >= 11 is 0. The Kier molecular flexibility index (Phi) is 7.81. The number of rotatable bonds is 9. The van der Waals surface area contributed by atoms with E-state index in [0.29, 0.717) is 24.5 Å². The molecule has 0 bridgehead atoms. The van der Waals surface area contributed by atoms with Crippen molar-refractivity contribution >= 4 is 21.6 Å². The molecular weight excluding hydrogens is 388 g/mol. The highest BCUT2D eigenvalue weighted by molar-refractivity contribution is 7.89. The van der Waals surface area contributed by atoms with Crippen LogP contribution in [0.5, 0.6) is 5.75 Å². The van der Waals surface area contributed by atoms with E-state index in [1.807, 2.05) is 32.0 Å². The van der Waals surface area contributed by atoms with Gasteiger partial charge in [0.15, 0.2) is 6.61 Å². The van der Waals surface area contributed by atoms with Crippen LogP contribution in [0.2, 0.25) is 0 Å². The number of ether oxygens (including phenoxy) is 1. The lowest BCUT2D eigenvalue weighted by atomic mass is 10.1. The fourth-order valence-corrected chi connectivity index (χ4v) is 4.58. The molecule has 0 radical (unpaired) electrons. The van der Waals surface area contributed by atoms with Crippen molar-refractivity contribution < 1.29 is 17.9 Å². The SMILES string of the molecule is CCc1cccc(OCC(=O)Nc2cc(S(=O)(=O)N(CC)CC)cc(C)c2C)c1. The summed E-state index contributed by atoms with van der Waals surface area (Å²) in [7, 11) is -3.61. The molecule has 0 unspecified atom stereocenters. The van der Waals surface area contributed by atoms with E-state index in [1.165, 1.54) is 10.4 Å². The second-order valence-corrected chi connectivity index (χ2v) is 8.78. The summed E-state index contributed by atoms with van der Waals surface area (Å²) in [4.78, 5) is 12.6. The minimum atomic E-state index is -3.61. The summed E-state index contributed by atoms with van der Waals surface area (Å²) in [5, 5.41) is 2.79. The number of nitrogens with one attached hydrogen (secondary N) is 1. The molecule has 6 nitrogen and oxygen atoms in total. The highest BCUT2D eigenvalue weighted by Gasteiger charge is 2.23. The van der Waals surface area contributed by atoms with Crippen LogP contribution in [0.1, 0.15) is 37.5 Å². The van der Waals surface area contributed by atoms with Crippen molar-refractivity contribution in [3.63, 3.8) is 0 Å². The standard InChI is InChI=1S/C22H30N2O4S/c1-6-18-10-9-11-19(13-18)28-15-22(25)23-21-14-20(12-16(4)17(21)5)29(26,27)24(7-2)8-3/h9-14H,6-8,15H2,1-5H3,(H,23,25). The third kappa shape index (κ3) is 5.58. The first-order valence-electron chi connectivity index (χ1n) is 9.85. The lowest BCUT2D eigenvalue weighted by molar-refractivity contribution is -0.118. The molecule has 0 atom stereocenters. The maximum atomic E-state index is 12.9. The van der Waals surface area contributed by atoms with Crippen molar-refractivity contribution in [2.45, 2.75) is 45.9 Å². The first-order valence-corrected chi connectivity index (χ1v) is 11.3. The van der Waals surface area contributed by atoms with Crippen LogP contribution < -0.4 is 10.1 Å². The Morgan fingerprint density at radius 1 is 1.07 bits per heavy atom. The first kappa shape index (κ1) is 22.9. The minimum Gasteiger partial charge on any atom is -0.484 e.